The molecule has 0 fully saturated rings. The Morgan fingerprint density at radius 2 is 1.94 bits per heavy atom. The molecular weight excluding hydrogens is 224 g/mol. The van der Waals surface area contributed by atoms with Gasteiger partial charge in [-0.05, 0) is 30.5 Å². The summed E-state index contributed by atoms with van der Waals surface area (Å²) in [5.41, 5.74) is 2.22. The molecule has 0 radical (unpaired) electrons. The standard InChI is InChI=1S/C15H14N2O/c1-3-7-12(8-4-1)11-14-16-17-15(18-14)13-9-5-2-6-10-13/h2-3,5-10H,1,4,11H2. The molecule has 1 heterocycles. The highest BCUT2D eigenvalue weighted by molar-refractivity contribution is 5.51. The van der Waals surface area contributed by atoms with E-state index in [1.165, 1.54) is 5.57 Å². The van der Waals surface area contributed by atoms with Gasteiger partial charge in [-0.1, -0.05) is 36.4 Å². The number of nitrogens with zero attached hydrogens (tertiary/aromatic N) is 2. The third-order valence-electron chi connectivity index (χ3n) is 2.91. The van der Waals surface area contributed by atoms with Gasteiger partial charge in [0.1, 0.15) is 0 Å². The summed E-state index contributed by atoms with van der Waals surface area (Å²) in [4.78, 5) is 0. The molecule has 90 valence electrons. The molecule has 0 bridgehead atoms. The lowest BCUT2D eigenvalue weighted by Crippen LogP contribution is -1.91. The van der Waals surface area contributed by atoms with Gasteiger partial charge >= 0.3 is 0 Å². The van der Waals surface area contributed by atoms with Gasteiger partial charge in [0.2, 0.25) is 11.8 Å². The van der Waals surface area contributed by atoms with E-state index in [1.807, 2.05) is 30.3 Å². The van der Waals surface area contributed by atoms with Crippen LogP contribution in [-0.4, -0.2) is 10.2 Å². The second kappa shape index (κ2) is 5.00. The monoisotopic (exact) mass is 238 g/mol. The zero-order valence-corrected chi connectivity index (χ0v) is 10.0. The molecule has 1 aliphatic carbocycles. The van der Waals surface area contributed by atoms with Gasteiger partial charge in [-0.15, -0.1) is 10.2 Å². The number of allylic oxidation sites excluding steroid dienone is 4. The van der Waals surface area contributed by atoms with E-state index in [4.69, 9.17) is 4.42 Å². The van der Waals surface area contributed by atoms with Crippen LogP contribution in [0.5, 0.6) is 0 Å². The third kappa shape index (κ3) is 2.40. The van der Waals surface area contributed by atoms with Crippen molar-refractivity contribution >= 4 is 0 Å². The van der Waals surface area contributed by atoms with Crippen molar-refractivity contribution in [1.29, 1.82) is 0 Å². The summed E-state index contributed by atoms with van der Waals surface area (Å²) in [5.74, 6) is 1.26. The highest BCUT2D eigenvalue weighted by Gasteiger charge is 2.09. The molecule has 3 heteroatoms. The molecule has 0 saturated carbocycles. The van der Waals surface area contributed by atoms with Crippen LogP contribution < -0.4 is 0 Å². The largest absolute Gasteiger partial charge is 0.420 e. The van der Waals surface area contributed by atoms with E-state index >= 15 is 0 Å². The Hall–Kier alpha value is -2.16. The minimum atomic E-state index is 0.589. The third-order valence-corrected chi connectivity index (χ3v) is 2.91. The Labute approximate surface area is 106 Å². The van der Waals surface area contributed by atoms with Crippen molar-refractivity contribution in [2.45, 2.75) is 19.3 Å². The molecule has 1 aromatic carbocycles. The summed E-state index contributed by atoms with van der Waals surface area (Å²) in [7, 11) is 0. The Morgan fingerprint density at radius 3 is 2.72 bits per heavy atom. The van der Waals surface area contributed by atoms with Crippen molar-refractivity contribution in [3.63, 3.8) is 0 Å². The van der Waals surface area contributed by atoms with E-state index in [-0.39, 0.29) is 0 Å². The summed E-state index contributed by atoms with van der Waals surface area (Å²) < 4.78 is 5.68. The fourth-order valence-corrected chi connectivity index (χ4v) is 2.00. The zero-order valence-electron chi connectivity index (χ0n) is 10.0. The first-order valence-corrected chi connectivity index (χ1v) is 6.15. The van der Waals surface area contributed by atoms with Gasteiger partial charge < -0.3 is 4.42 Å². The van der Waals surface area contributed by atoms with E-state index in [0.29, 0.717) is 11.8 Å². The molecule has 0 aliphatic heterocycles. The Balaban J connectivity index is 1.78. The quantitative estimate of drug-likeness (QED) is 0.820. The first-order valence-electron chi connectivity index (χ1n) is 6.15. The average molecular weight is 238 g/mol. The van der Waals surface area contributed by atoms with Crippen LogP contribution in [0.15, 0.2) is 58.6 Å². The molecule has 0 N–H and O–H groups in total. The Kier molecular flexibility index (Phi) is 3.05. The molecular formula is C15H14N2O. The highest BCUT2D eigenvalue weighted by atomic mass is 16.4. The second-order valence-electron chi connectivity index (χ2n) is 4.30. The number of rotatable bonds is 3. The molecule has 1 aliphatic rings. The molecule has 0 atom stereocenters. The van der Waals surface area contributed by atoms with Gasteiger partial charge in [0.05, 0.1) is 6.42 Å². The molecule has 0 unspecified atom stereocenters. The number of hydrogen-bond acceptors (Lipinski definition) is 3. The molecule has 0 amide bonds. The fraction of sp³-hybridized carbons (Fsp3) is 0.200. The molecule has 3 rings (SSSR count). The Bertz CT molecular complexity index is 582. The molecule has 0 saturated heterocycles. The topological polar surface area (TPSA) is 38.9 Å². The zero-order chi connectivity index (χ0) is 12.2. The van der Waals surface area contributed by atoms with E-state index in [1.54, 1.807) is 0 Å². The van der Waals surface area contributed by atoms with Gasteiger partial charge in [-0.25, -0.2) is 0 Å². The summed E-state index contributed by atoms with van der Waals surface area (Å²) in [6, 6.07) is 9.84. The van der Waals surface area contributed by atoms with Crippen molar-refractivity contribution < 1.29 is 4.42 Å². The molecule has 3 nitrogen and oxygen atoms in total. The van der Waals surface area contributed by atoms with Crippen LogP contribution >= 0.6 is 0 Å². The lowest BCUT2D eigenvalue weighted by Gasteiger charge is -2.02. The van der Waals surface area contributed by atoms with E-state index in [2.05, 4.69) is 28.4 Å². The maximum atomic E-state index is 5.68. The van der Waals surface area contributed by atoms with E-state index in [9.17, 15) is 0 Å². The van der Waals surface area contributed by atoms with Crippen molar-refractivity contribution in [2.24, 2.45) is 0 Å². The van der Waals surface area contributed by atoms with Gasteiger partial charge in [0, 0.05) is 5.56 Å². The molecule has 2 aromatic rings. The van der Waals surface area contributed by atoms with Crippen LogP contribution in [0.2, 0.25) is 0 Å². The van der Waals surface area contributed by atoms with Crippen LogP contribution in [0.1, 0.15) is 18.7 Å². The molecule has 0 spiro atoms. The molecule has 18 heavy (non-hydrogen) atoms. The van der Waals surface area contributed by atoms with Gasteiger partial charge in [0.15, 0.2) is 0 Å². The predicted molar refractivity (Wildman–Crippen MR) is 69.9 cm³/mol. The fourth-order valence-electron chi connectivity index (χ4n) is 2.00. The van der Waals surface area contributed by atoms with Gasteiger partial charge in [-0.2, -0.15) is 0 Å². The summed E-state index contributed by atoms with van der Waals surface area (Å²) in [5, 5.41) is 8.18. The van der Waals surface area contributed by atoms with Crippen molar-refractivity contribution in [2.75, 3.05) is 0 Å². The number of hydrogen-bond donors (Lipinski definition) is 0. The van der Waals surface area contributed by atoms with Crippen LogP contribution in [-0.2, 0) is 6.42 Å². The summed E-state index contributed by atoms with van der Waals surface area (Å²) in [6.07, 6.45) is 9.50. The van der Waals surface area contributed by atoms with Crippen LogP contribution in [0, 0.1) is 0 Å². The van der Waals surface area contributed by atoms with Crippen LogP contribution in [0.25, 0.3) is 11.5 Å². The first-order chi connectivity index (χ1) is 8.92. The lowest BCUT2D eigenvalue weighted by molar-refractivity contribution is 0.517. The minimum Gasteiger partial charge on any atom is -0.420 e. The van der Waals surface area contributed by atoms with E-state index in [0.717, 1.165) is 24.8 Å². The maximum Gasteiger partial charge on any atom is 0.247 e. The van der Waals surface area contributed by atoms with E-state index < -0.39 is 0 Å². The summed E-state index contributed by atoms with van der Waals surface area (Å²) >= 11 is 0. The van der Waals surface area contributed by atoms with Gasteiger partial charge in [-0.3, -0.25) is 0 Å². The summed E-state index contributed by atoms with van der Waals surface area (Å²) in [6.45, 7) is 0. The normalized spacial score (nSPS) is 14.6. The van der Waals surface area contributed by atoms with Crippen molar-refractivity contribution in [3.8, 4) is 11.5 Å². The van der Waals surface area contributed by atoms with Crippen LogP contribution in [0.4, 0.5) is 0 Å². The van der Waals surface area contributed by atoms with Crippen molar-refractivity contribution in [3.05, 3.63) is 60.0 Å². The Morgan fingerprint density at radius 1 is 1.06 bits per heavy atom. The van der Waals surface area contributed by atoms with Crippen molar-refractivity contribution in [1.82, 2.24) is 10.2 Å². The number of benzene rings is 1. The molecule has 1 aromatic heterocycles. The number of aromatic nitrogens is 2. The average Bonchev–Trinajstić information content (AvgIpc) is 2.89. The lowest BCUT2D eigenvalue weighted by atomic mass is 10.0. The SMILES string of the molecule is C1=CC(Cc2nnc(-c3ccccc3)o2)=CCC1. The van der Waals surface area contributed by atoms with Gasteiger partial charge in [0.25, 0.3) is 0 Å². The maximum absolute atomic E-state index is 5.68. The van der Waals surface area contributed by atoms with Crippen LogP contribution in [0.3, 0.4) is 0 Å². The predicted octanol–water partition coefficient (Wildman–Crippen LogP) is 3.56. The smallest absolute Gasteiger partial charge is 0.247 e. The second-order valence-corrected chi connectivity index (χ2v) is 4.30. The highest BCUT2D eigenvalue weighted by Crippen LogP contribution is 2.19. The minimum absolute atomic E-state index is 0.589. The first kappa shape index (κ1) is 11.0.